The molecule has 186 valence electrons. The van der Waals surface area contributed by atoms with Crippen LogP contribution in [0.2, 0.25) is 0 Å². The first-order chi connectivity index (χ1) is 16.8. The number of sulfonamides is 1. The number of aromatic amines is 1. The van der Waals surface area contributed by atoms with E-state index in [0.29, 0.717) is 50.3 Å². The van der Waals surface area contributed by atoms with Crippen LogP contribution >= 0.6 is 0 Å². The van der Waals surface area contributed by atoms with Crippen LogP contribution in [0.25, 0.3) is 0 Å². The highest BCUT2D eigenvalue weighted by Crippen LogP contribution is 2.42. The molecule has 0 aliphatic carbocycles. The van der Waals surface area contributed by atoms with Gasteiger partial charge in [0.25, 0.3) is 0 Å². The SMILES string of the molecule is C[C@H]1CC[C@H](c2ccccc2)S(=O)(=O)N1Cc1cc(F)c(C2(c3ncn[nH]3)CCOCC2)cc1F. The van der Waals surface area contributed by atoms with Gasteiger partial charge in [0, 0.05) is 36.9 Å². The summed E-state index contributed by atoms with van der Waals surface area (Å²) in [6, 6.07) is 11.0. The second-order valence-corrected chi connectivity index (χ2v) is 11.4. The van der Waals surface area contributed by atoms with E-state index in [9.17, 15) is 8.42 Å². The number of rotatable bonds is 5. The van der Waals surface area contributed by atoms with Crippen molar-refractivity contribution in [3.8, 4) is 0 Å². The average Bonchev–Trinajstić information content (AvgIpc) is 3.40. The van der Waals surface area contributed by atoms with E-state index in [1.54, 1.807) is 12.1 Å². The topological polar surface area (TPSA) is 88.2 Å². The van der Waals surface area contributed by atoms with Gasteiger partial charge >= 0.3 is 0 Å². The molecule has 0 spiro atoms. The molecule has 2 atom stereocenters. The number of hydrogen-bond donors (Lipinski definition) is 1. The van der Waals surface area contributed by atoms with E-state index >= 15 is 8.78 Å². The molecule has 2 aliphatic rings. The molecule has 0 bridgehead atoms. The van der Waals surface area contributed by atoms with Gasteiger partial charge < -0.3 is 4.74 Å². The van der Waals surface area contributed by atoms with Crippen LogP contribution in [-0.4, -0.2) is 47.2 Å². The van der Waals surface area contributed by atoms with E-state index in [1.165, 1.54) is 16.7 Å². The average molecular weight is 503 g/mol. The molecule has 2 aliphatic heterocycles. The summed E-state index contributed by atoms with van der Waals surface area (Å²) >= 11 is 0. The lowest BCUT2D eigenvalue weighted by Crippen LogP contribution is -2.45. The fourth-order valence-electron chi connectivity index (χ4n) is 5.39. The maximum Gasteiger partial charge on any atom is 0.221 e. The van der Waals surface area contributed by atoms with Gasteiger partial charge in [0.2, 0.25) is 10.0 Å². The molecule has 2 aromatic carbocycles. The Morgan fingerprint density at radius 2 is 1.86 bits per heavy atom. The number of aromatic nitrogens is 3. The first kappa shape index (κ1) is 24.0. The zero-order valence-electron chi connectivity index (χ0n) is 19.5. The van der Waals surface area contributed by atoms with Crippen molar-refractivity contribution in [3.05, 3.63) is 82.9 Å². The number of hydrogen-bond acceptors (Lipinski definition) is 5. The summed E-state index contributed by atoms with van der Waals surface area (Å²) in [7, 11) is -3.77. The fraction of sp³-hybridized carbons (Fsp3) is 0.440. The third-order valence-corrected chi connectivity index (χ3v) is 9.76. The summed E-state index contributed by atoms with van der Waals surface area (Å²) in [4.78, 5) is 4.24. The summed E-state index contributed by atoms with van der Waals surface area (Å²) < 4.78 is 64.9. The number of nitrogens with zero attached hydrogens (tertiary/aromatic N) is 3. The summed E-state index contributed by atoms with van der Waals surface area (Å²) in [6.07, 6.45) is 3.32. The number of ether oxygens (including phenoxy) is 1. The van der Waals surface area contributed by atoms with Gasteiger partial charge in [-0.15, -0.1) is 0 Å². The minimum absolute atomic E-state index is 0.00941. The summed E-state index contributed by atoms with van der Waals surface area (Å²) in [5, 5.41) is 6.02. The van der Waals surface area contributed by atoms with Crippen LogP contribution in [0.5, 0.6) is 0 Å². The van der Waals surface area contributed by atoms with E-state index in [2.05, 4.69) is 15.2 Å². The Bertz CT molecular complexity index is 1280. The van der Waals surface area contributed by atoms with Crippen LogP contribution in [0, 0.1) is 11.6 Å². The Kier molecular flexibility index (Phi) is 6.45. The van der Waals surface area contributed by atoms with Gasteiger partial charge in [-0.3, -0.25) is 5.10 Å². The van der Waals surface area contributed by atoms with Crippen LogP contribution in [-0.2, 0) is 26.7 Å². The van der Waals surface area contributed by atoms with Crippen molar-refractivity contribution in [1.29, 1.82) is 0 Å². The third-order valence-electron chi connectivity index (χ3n) is 7.39. The summed E-state index contributed by atoms with van der Waals surface area (Å²) in [5.41, 5.74) is 0.00627. The highest BCUT2D eigenvalue weighted by molar-refractivity contribution is 7.89. The molecule has 0 unspecified atom stereocenters. The van der Waals surface area contributed by atoms with Crippen LogP contribution in [0.3, 0.4) is 0 Å². The highest BCUT2D eigenvalue weighted by Gasteiger charge is 2.43. The van der Waals surface area contributed by atoms with Crippen LogP contribution < -0.4 is 0 Å². The zero-order valence-corrected chi connectivity index (χ0v) is 20.3. The molecule has 35 heavy (non-hydrogen) atoms. The molecule has 3 aromatic rings. The maximum atomic E-state index is 15.6. The number of halogens is 2. The highest BCUT2D eigenvalue weighted by atomic mass is 32.2. The van der Waals surface area contributed by atoms with Gasteiger partial charge in [0.15, 0.2) is 0 Å². The Morgan fingerprint density at radius 3 is 2.54 bits per heavy atom. The van der Waals surface area contributed by atoms with Gasteiger partial charge in [0.05, 0.1) is 5.41 Å². The van der Waals surface area contributed by atoms with Gasteiger partial charge in [-0.25, -0.2) is 22.2 Å². The fourth-order valence-corrected chi connectivity index (χ4v) is 7.57. The quantitative estimate of drug-likeness (QED) is 0.564. The maximum absolute atomic E-state index is 15.6. The van der Waals surface area contributed by atoms with Crippen molar-refractivity contribution in [2.24, 2.45) is 0 Å². The normalized spacial score (nSPS) is 24.3. The number of H-pyrrole nitrogens is 1. The van der Waals surface area contributed by atoms with E-state index < -0.39 is 32.3 Å². The molecule has 7 nitrogen and oxygen atoms in total. The first-order valence-electron chi connectivity index (χ1n) is 11.8. The van der Waals surface area contributed by atoms with E-state index in [4.69, 9.17) is 4.74 Å². The predicted molar refractivity (Wildman–Crippen MR) is 126 cm³/mol. The Balaban J connectivity index is 1.49. The van der Waals surface area contributed by atoms with Crippen LogP contribution in [0.15, 0.2) is 48.8 Å². The molecule has 0 radical (unpaired) electrons. The van der Waals surface area contributed by atoms with Gasteiger partial charge in [0.1, 0.15) is 29.0 Å². The lowest BCUT2D eigenvalue weighted by Gasteiger charge is -2.38. The second kappa shape index (κ2) is 9.40. The minimum Gasteiger partial charge on any atom is -0.381 e. The van der Waals surface area contributed by atoms with Crippen LogP contribution in [0.1, 0.15) is 60.4 Å². The second-order valence-electron chi connectivity index (χ2n) is 9.37. The monoisotopic (exact) mass is 502 g/mol. The lowest BCUT2D eigenvalue weighted by atomic mass is 9.73. The van der Waals surface area contributed by atoms with Crippen molar-refractivity contribution in [2.45, 2.75) is 55.9 Å². The standard InChI is InChI=1S/C25H28F2N4O3S/c1-17-7-8-23(18-5-3-2-4-6-18)35(32,33)31(17)15-19-13-22(27)20(14-21(19)26)25(9-11-34-12-10-25)24-28-16-29-30-24/h2-6,13-14,16-17,23H,7-12,15H2,1H3,(H,28,29,30)/t17-,23+/m0/s1. The minimum atomic E-state index is -3.77. The van der Waals surface area contributed by atoms with Crippen LogP contribution in [0.4, 0.5) is 8.78 Å². The molecular weight excluding hydrogens is 474 g/mol. The van der Waals surface area contributed by atoms with Crippen molar-refractivity contribution < 1.29 is 21.9 Å². The molecule has 10 heteroatoms. The van der Waals surface area contributed by atoms with Crippen molar-refractivity contribution in [3.63, 3.8) is 0 Å². The van der Waals surface area contributed by atoms with Gasteiger partial charge in [-0.2, -0.15) is 9.40 Å². The lowest BCUT2D eigenvalue weighted by molar-refractivity contribution is 0.0593. The van der Waals surface area contributed by atoms with E-state index in [1.807, 2.05) is 25.1 Å². The summed E-state index contributed by atoms with van der Waals surface area (Å²) in [6.45, 7) is 2.35. The molecule has 3 heterocycles. The Labute approximate surface area is 203 Å². The van der Waals surface area contributed by atoms with Crippen molar-refractivity contribution in [1.82, 2.24) is 19.5 Å². The molecule has 0 saturated carbocycles. The van der Waals surface area contributed by atoms with E-state index in [0.717, 1.165) is 6.07 Å². The predicted octanol–water partition coefficient (Wildman–Crippen LogP) is 4.23. The Morgan fingerprint density at radius 1 is 1.11 bits per heavy atom. The molecule has 0 amide bonds. The molecule has 5 rings (SSSR count). The largest absolute Gasteiger partial charge is 0.381 e. The van der Waals surface area contributed by atoms with Gasteiger partial charge in [-0.1, -0.05) is 30.3 Å². The third kappa shape index (κ3) is 4.28. The summed E-state index contributed by atoms with van der Waals surface area (Å²) in [5.74, 6) is -0.776. The Hall–Kier alpha value is -2.69. The number of benzene rings is 2. The zero-order chi connectivity index (χ0) is 24.6. The van der Waals surface area contributed by atoms with Gasteiger partial charge in [-0.05, 0) is 50.3 Å². The molecule has 2 fully saturated rings. The van der Waals surface area contributed by atoms with Crippen molar-refractivity contribution in [2.75, 3.05) is 13.2 Å². The van der Waals surface area contributed by atoms with Crippen molar-refractivity contribution >= 4 is 10.0 Å². The van der Waals surface area contributed by atoms with E-state index in [-0.39, 0.29) is 23.7 Å². The molecule has 2 saturated heterocycles. The molecule has 1 N–H and O–H groups in total. The molecular formula is C25H28F2N4O3S. The number of nitrogens with one attached hydrogen (secondary N) is 1. The molecule has 1 aromatic heterocycles. The first-order valence-corrected chi connectivity index (χ1v) is 13.3. The smallest absolute Gasteiger partial charge is 0.221 e.